The first-order valence-electron chi connectivity index (χ1n) is 7.92. The van der Waals surface area contributed by atoms with Gasteiger partial charge in [-0.2, -0.15) is 0 Å². The lowest BCUT2D eigenvalue weighted by molar-refractivity contribution is -0.116. The minimum Gasteiger partial charge on any atom is -0.465 e. The monoisotopic (exact) mass is 394 g/mol. The van der Waals surface area contributed by atoms with Gasteiger partial charge in [-0.25, -0.2) is 17.6 Å². The lowest BCUT2D eigenvalue weighted by atomic mass is 10.2. The summed E-state index contributed by atoms with van der Waals surface area (Å²) in [6.07, 6.45) is 0.883. The summed E-state index contributed by atoms with van der Waals surface area (Å²) in [7, 11) is -2.41. The molecule has 2 aromatic carbocycles. The highest BCUT2D eigenvalue weighted by Crippen LogP contribution is 2.19. The highest BCUT2D eigenvalue weighted by Gasteiger charge is 2.19. The first-order valence-corrected chi connectivity index (χ1v) is 9.77. The number of methoxy groups -OCH3 is 1. The van der Waals surface area contributed by atoms with E-state index in [1.54, 1.807) is 0 Å². The quantitative estimate of drug-likeness (QED) is 0.728. The fourth-order valence-corrected chi connectivity index (χ4v) is 3.29. The van der Waals surface area contributed by atoms with Crippen molar-refractivity contribution in [3.8, 4) is 0 Å². The number of benzene rings is 2. The molecule has 144 valence electrons. The van der Waals surface area contributed by atoms with E-state index in [2.05, 4.69) is 10.1 Å². The van der Waals surface area contributed by atoms with Crippen LogP contribution in [0.2, 0.25) is 0 Å². The van der Waals surface area contributed by atoms with Gasteiger partial charge in [0.15, 0.2) is 0 Å². The summed E-state index contributed by atoms with van der Waals surface area (Å²) in [6.45, 7) is -0.114. The number of anilines is 2. The van der Waals surface area contributed by atoms with Crippen LogP contribution in [0.1, 0.15) is 16.8 Å². The van der Waals surface area contributed by atoms with Crippen molar-refractivity contribution in [1.29, 1.82) is 0 Å². The summed E-state index contributed by atoms with van der Waals surface area (Å²) in [6, 6.07) is 11.2. The zero-order valence-corrected chi connectivity index (χ0v) is 15.6. The predicted molar refractivity (Wildman–Crippen MR) is 99.6 cm³/mol. The summed E-state index contributed by atoms with van der Waals surface area (Å²) in [5.41, 5.74) is 0.871. The zero-order chi connectivity index (χ0) is 20.0. The second kappa shape index (κ2) is 8.63. The van der Waals surface area contributed by atoms with Gasteiger partial charge in [0.2, 0.25) is 15.9 Å². The Morgan fingerprint density at radius 1 is 1.15 bits per heavy atom. The molecule has 0 bridgehead atoms. The van der Waals surface area contributed by atoms with Crippen LogP contribution in [0.5, 0.6) is 0 Å². The maximum absolute atomic E-state index is 13.2. The van der Waals surface area contributed by atoms with Crippen LogP contribution in [-0.4, -0.2) is 40.2 Å². The van der Waals surface area contributed by atoms with Crippen LogP contribution in [-0.2, 0) is 19.6 Å². The molecule has 27 heavy (non-hydrogen) atoms. The summed E-state index contributed by atoms with van der Waals surface area (Å²) in [5.74, 6) is -1.49. The molecule has 0 aliphatic rings. The molecule has 1 N–H and O–H groups in total. The number of hydrogen-bond donors (Lipinski definition) is 1. The molecule has 0 spiro atoms. The van der Waals surface area contributed by atoms with Gasteiger partial charge in [0.1, 0.15) is 5.82 Å². The average Bonchev–Trinajstić information content (AvgIpc) is 2.60. The Labute approximate surface area is 156 Å². The molecule has 0 radical (unpaired) electrons. The van der Waals surface area contributed by atoms with Gasteiger partial charge < -0.3 is 10.1 Å². The van der Waals surface area contributed by atoms with Crippen molar-refractivity contribution in [1.82, 2.24) is 0 Å². The molecule has 0 saturated heterocycles. The number of rotatable bonds is 7. The first-order chi connectivity index (χ1) is 12.7. The number of hydrogen-bond acceptors (Lipinski definition) is 5. The molecule has 0 fully saturated rings. The summed E-state index contributed by atoms with van der Waals surface area (Å²) in [4.78, 5) is 23.5. The Morgan fingerprint density at radius 3 is 2.37 bits per heavy atom. The highest BCUT2D eigenvalue weighted by atomic mass is 32.2. The molecule has 9 heteroatoms. The molecule has 0 unspecified atom stereocenters. The number of carbonyl (C=O) groups is 2. The molecule has 0 aliphatic carbocycles. The van der Waals surface area contributed by atoms with E-state index in [4.69, 9.17) is 0 Å². The Hall–Kier alpha value is -2.94. The highest BCUT2D eigenvalue weighted by molar-refractivity contribution is 7.92. The summed E-state index contributed by atoms with van der Waals surface area (Å²) < 4.78 is 43.0. The minimum absolute atomic E-state index is 0.114. The summed E-state index contributed by atoms with van der Waals surface area (Å²) in [5, 5.41) is 2.51. The van der Waals surface area contributed by atoms with Crippen molar-refractivity contribution < 1.29 is 27.1 Å². The van der Waals surface area contributed by atoms with Crippen LogP contribution in [0.15, 0.2) is 48.5 Å². The number of nitrogens with zero attached hydrogens (tertiary/aromatic N) is 1. The van der Waals surface area contributed by atoms with Crippen LogP contribution in [0, 0.1) is 5.82 Å². The zero-order valence-electron chi connectivity index (χ0n) is 14.8. The molecule has 0 atom stereocenters. The normalized spacial score (nSPS) is 10.9. The van der Waals surface area contributed by atoms with E-state index in [-0.39, 0.29) is 24.2 Å². The van der Waals surface area contributed by atoms with Gasteiger partial charge >= 0.3 is 5.97 Å². The number of sulfonamides is 1. The molecule has 2 aromatic rings. The third kappa shape index (κ3) is 5.78. The van der Waals surface area contributed by atoms with Crippen LogP contribution in [0.25, 0.3) is 0 Å². The van der Waals surface area contributed by atoms with Gasteiger partial charge in [0.25, 0.3) is 0 Å². The van der Waals surface area contributed by atoms with E-state index in [0.717, 1.165) is 16.6 Å². The Kier molecular flexibility index (Phi) is 6.51. The molecular formula is C18H19FN2O5S. The molecule has 7 nitrogen and oxygen atoms in total. The van der Waals surface area contributed by atoms with Crippen molar-refractivity contribution in [2.24, 2.45) is 0 Å². The Bertz CT molecular complexity index is 929. The summed E-state index contributed by atoms with van der Waals surface area (Å²) >= 11 is 0. The molecule has 0 aliphatic heterocycles. The van der Waals surface area contributed by atoms with Crippen LogP contribution >= 0.6 is 0 Å². The molecule has 1 amide bonds. The maximum Gasteiger partial charge on any atom is 0.337 e. The van der Waals surface area contributed by atoms with Crippen molar-refractivity contribution >= 4 is 33.3 Å². The maximum atomic E-state index is 13.2. The van der Waals surface area contributed by atoms with Crippen LogP contribution in [0.3, 0.4) is 0 Å². The fourth-order valence-electron chi connectivity index (χ4n) is 2.36. The van der Waals surface area contributed by atoms with Crippen molar-refractivity contribution in [2.75, 3.05) is 29.5 Å². The number of halogens is 1. The van der Waals surface area contributed by atoms with Crippen molar-refractivity contribution in [3.63, 3.8) is 0 Å². The standard InChI is InChI=1S/C18H19FN2O5S/c1-26-18(23)13-6-8-16(9-7-13)21(27(2,24)25)11-10-17(22)20-15-5-3-4-14(19)12-15/h3-9,12H,10-11H2,1-2H3,(H,20,22). The third-order valence-electron chi connectivity index (χ3n) is 3.63. The van der Waals surface area contributed by atoms with E-state index < -0.39 is 27.7 Å². The minimum atomic E-state index is -3.65. The topological polar surface area (TPSA) is 92.8 Å². The van der Waals surface area contributed by atoms with Gasteiger partial charge in [0.05, 0.1) is 24.6 Å². The van der Waals surface area contributed by atoms with Gasteiger partial charge in [-0.1, -0.05) is 6.07 Å². The SMILES string of the molecule is COC(=O)c1ccc(N(CCC(=O)Nc2cccc(F)c2)S(C)(=O)=O)cc1. The van der Waals surface area contributed by atoms with Crippen molar-refractivity contribution in [3.05, 3.63) is 59.9 Å². The molecular weight excluding hydrogens is 375 g/mol. The van der Waals surface area contributed by atoms with Gasteiger partial charge in [0, 0.05) is 18.7 Å². The van der Waals surface area contributed by atoms with E-state index in [9.17, 15) is 22.4 Å². The van der Waals surface area contributed by atoms with Crippen LogP contribution in [0.4, 0.5) is 15.8 Å². The molecule has 2 rings (SSSR count). The van der Waals surface area contributed by atoms with Gasteiger partial charge in [-0.15, -0.1) is 0 Å². The lowest BCUT2D eigenvalue weighted by Crippen LogP contribution is -2.33. The number of ether oxygens (including phenoxy) is 1. The average molecular weight is 394 g/mol. The second-order valence-electron chi connectivity index (χ2n) is 5.68. The number of amides is 1. The van der Waals surface area contributed by atoms with Crippen molar-refractivity contribution in [2.45, 2.75) is 6.42 Å². The predicted octanol–water partition coefficient (Wildman–Crippen LogP) is 2.41. The number of nitrogens with one attached hydrogen (secondary N) is 1. The second-order valence-corrected chi connectivity index (χ2v) is 7.59. The van der Waals surface area contributed by atoms with Gasteiger partial charge in [-0.05, 0) is 42.5 Å². The first kappa shape index (κ1) is 20.4. The number of carbonyl (C=O) groups excluding carboxylic acids is 2. The van der Waals surface area contributed by atoms with Crippen LogP contribution < -0.4 is 9.62 Å². The Balaban J connectivity index is 2.09. The Morgan fingerprint density at radius 2 is 1.81 bits per heavy atom. The van der Waals surface area contributed by atoms with Gasteiger partial charge in [-0.3, -0.25) is 9.10 Å². The molecule has 0 saturated carbocycles. The lowest BCUT2D eigenvalue weighted by Gasteiger charge is -2.22. The third-order valence-corrected chi connectivity index (χ3v) is 4.82. The molecule has 0 aromatic heterocycles. The smallest absolute Gasteiger partial charge is 0.337 e. The van der Waals surface area contributed by atoms with E-state index >= 15 is 0 Å². The molecule has 0 heterocycles. The number of esters is 1. The van der Waals surface area contributed by atoms with E-state index in [1.807, 2.05) is 0 Å². The van der Waals surface area contributed by atoms with E-state index in [0.29, 0.717) is 5.69 Å². The van der Waals surface area contributed by atoms with E-state index in [1.165, 1.54) is 49.6 Å². The fraction of sp³-hybridized carbons (Fsp3) is 0.222. The largest absolute Gasteiger partial charge is 0.465 e.